The smallest absolute Gasteiger partial charge is 0.0293 e. The van der Waals surface area contributed by atoms with Crippen molar-refractivity contribution in [1.29, 1.82) is 0 Å². The molecule has 0 amide bonds. The highest BCUT2D eigenvalue weighted by atomic mass is 35.5. The summed E-state index contributed by atoms with van der Waals surface area (Å²) in [6.07, 6.45) is 2.32. The monoisotopic (exact) mass is 145 g/mol. The first-order valence-electron chi connectivity index (χ1n) is 2.91. The SMILES string of the molecule is C=C1CCCNC1=C.Cl. The lowest BCUT2D eigenvalue weighted by Gasteiger charge is -2.17. The van der Waals surface area contributed by atoms with Gasteiger partial charge in [0, 0.05) is 12.2 Å². The normalized spacial score (nSPS) is 18.2. The van der Waals surface area contributed by atoms with E-state index in [2.05, 4.69) is 18.5 Å². The van der Waals surface area contributed by atoms with E-state index in [9.17, 15) is 0 Å². The zero-order valence-corrected chi connectivity index (χ0v) is 6.26. The van der Waals surface area contributed by atoms with Crippen LogP contribution in [0, 0.1) is 0 Å². The molecule has 1 aliphatic rings. The van der Waals surface area contributed by atoms with Crippen molar-refractivity contribution in [2.75, 3.05) is 6.54 Å². The third kappa shape index (κ3) is 2.10. The van der Waals surface area contributed by atoms with Crippen LogP contribution >= 0.6 is 12.4 Å². The van der Waals surface area contributed by atoms with Crippen molar-refractivity contribution < 1.29 is 0 Å². The number of hydrogen-bond acceptors (Lipinski definition) is 1. The second-order valence-electron chi connectivity index (χ2n) is 2.11. The maximum Gasteiger partial charge on any atom is 0.0293 e. The van der Waals surface area contributed by atoms with Gasteiger partial charge in [0.1, 0.15) is 0 Å². The summed E-state index contributed by atoms with van der Waals surface area (Å²) in [6.45, 7) is 8.68. The average Bonchev–Trinajstić information content (AvgIpc) is 1.77. The highest BCUT2D eigenvalue weighted by molar-refractivity contribution is 5.85. The molecule has 1 heterocycles. The Labute approximate surface area is 62.2 Å². The molecular formula is C7H12ClN. The summed E-state index contributed by atoms with van der Waals surface area (Å²) < 4.78 is 0. The number of allylic oxidation sites excluding steroid dienone is 1. The first kappa shape index (κ1) is 8.57. The molecule has 1 fully saturated rings. The number of halogens is 1. The lowest BCUT2D eigenvalue weighted by Crippen LogP contribution is -2.20. The van der Waals surface area contributed by atoms with Gasteiger partial charge in [-0.3, -0.25) is 0 Å². The second-order valence-corrected chi connectivity index (χ2v) is 2.11. The first-order valence-corrected chi connectivity index (χ1v) is 2.91. The summed E-state index contributed by atoms with van der Waals surface area (Å²) >= 11 is 0. The number of piperidine rings is 1. The molecule has 0 spiro atoms. The molecule has 0 radical (unpaired) electrons. The fourth-order valence-corrected chi connectivity index (χ4v) is 0.817. The zero-order valence-electron chi connectivity index (χ0n) is 5.44. The molecule has 0 unspecified atom stereocenters. The molecule has 0 aromatic heterocycles. The van der Waals surface area contributed by atoms with Crippen LogP contribution in [-0.2, 0) is 0 Å². The van der Waals surface area contributed by atoms with E-state index in [4.69, 9.17) is 0 Å². The first-order chi connectivity index (χ1) is 3.80. The molecule has 0 aliphatic carbocycles. The summed E-state index contributed by atoms with van der Waals surface area (Å²) in [7, 11) is 0. The molecule has 1 nitrogen and oxygen atoms in total. The van der Waals surface area contributed by atoms with Crippen LogP contribution in [0.2, 0.25) is 0 Å². The minimum Gasteiger partial charge on any atom is -0.385 e. The van der Waals surface area contributed by atoms with Crippen LogP contribution < -0.4 is 5.32 Å². The Kier molecular flexibility index (Phi) is 3.40. The van der Waals surface area contributed by atoms with Crippen LogP contribution in [0.3, 0.4) is 0 Å². The molecule has 0 aromatic carbocycles. The van der Waals surface area contributed by atoms with Gasteiger partial charge in [0.15, 0.2) is 0 Å². The summed E-state index contributed by atoms with van der Waals surface area (Å²) in [5.41, 5.74) is 2.19. The Bertz CT molecular complexity index is 113. The lowest BCUT2D eigenvalue weighted by atomic mass is 10.1. The van der Waals surface area contributed by atoms with Gasteiger partial charge in [0.05, 0.1) is 0 Å². The van der Waals surface area contributed by atoms with Crippen LogP contribution in [0.5, 0.6) is 0 Å². The van der Waals surface area contributed by atoms with E-state index in [0.717, 1.165) is 24.2 Å². The van der Waals surface area contributed by atoms with Crippen LogP contribution in [0.1, 0.15) is 12.8 Å². The summed E-state index contributed by atoms with van der Waals surface area (Å²) in [5, 5.41) is 3.14. The van der Waals surface area contributed by atoms with Gasteiger partial charge in [-0.15, -0.1) is 12.4 Å². The molecule has 1 aliphatic heterocycles. The highest BCUT2D eigenvalue weighted by Crippen LogP contribution is 2.13. The molecular weight excluding hydrogens is 134 g/mol. The van der Waals surface area contributed by atoms with E-state index in [0.29, 0.717) is 0 Å². The largest absolute Gasteiger partial charge is 0.385 e. The summed E-state index contributed by atoms with van der Waals surface area (Å²) in [6, 6.07) is 0. The molecule has 1 saturated heterocycles. The lowest BCUT2D eigenvalue weighted by molar-refractivity contribution is 0.673. The third-order valence-electron chi connectivity index (χ3n) is 1.42. The standard InChI is InChI=1S/C7H11N.ClH/c1-6-4-3-5-8-7(6)2;/h8H,1-5H2;1H. The average molecular weight is 146 g/mol. The molecule has 9 heavy (non-hydrogen) atoms. The van der Waals surface area contributed by atoms with Gasteiger partial charge in [-0.2, -0.15) is 0 Å². The van der Waals surface area contributed by atoms with Crippen molar-refractivity contribution in [1.82, 2.24) is 5.32 Å². The highest BCUT2D eigenvalue weighted by Gasteiger charge is 2.03. The molecule has 0 bridgehead atoms. The van der Waals surface area contributed by atoms with Crippen molar-refractivity contribution in [3.05, 3.63) is 24.4 Å². The Morgan fingerprint density at radius 1 is 1.33 bits per heavy atom. The van der Waals surface area contributed by atoms with E-state index in [-0.39, 0.29) is 12.4 Å². The van der Waals surface area contributed by atoms with Gasteiger partial charge in [0.25, 0.3) is 0 Å². The van der Waals surface area contributed by atoms with Crippen molar-refractivity contribution in [3.8, 4) is 0 Å². The Hall–Kier alpha value is -0.430. The summed E-state index contributed by atoms with van der Waals surface area (Å²) in [4.78, 5) is 0. The Morgan fingerprint density at radius 3 is 2.33 bits per heavy atom. The van der Waals surface area contributed by atoms with Crippen molar-refractivity contribution in [2.24, 2.45) is 0 Å². The van der Waals surface area contributed by atoms with Gasteiger partial charge < -0.3 is 5.32 Å². The predicted octanol–water partition coefficient (Wildman–Crippen LogP) is 1.86. The predicted molar refractivity (Wildman–Crippen MR) is 42.8 cm³/mol. The Balaban J connectivity index is 0.000000640. The van der Waals surface area contributed by atoms with Crippen LogP contribution in [-0.4, -0.2) is 6.54 Å². The van der Waals surface area contributed by atoms with Crippen LogP contribution in [0.4, 0.5) is 0 Å². The van der Waals surface area contributed by atoms with Crippen molar-refractivity contribution in [2.45, 2.75) is 12.8 Å². The zero-order chi connectivity index (χ0) is 5.98. The molecule has 1 N–H and O–H groups in total. The van der Waals surface area contributed by atoms with E-state index in [1.165, 1.54) is 6.42 Å². The van der Waals surface area contributed by atoms with Gasteiger partial charge in [-0.05, 0) is 18.4 Å². The number of hydrogen-bond donors (Lipinski definition) is 1. The van der Waals surface area contributed by atoms with Crippen molar-refractivity contribution in [3.63, 3.8) is 0 Å². The Morgan fingerprint density at radius 2 is 2.00 bits per heavy atom. The minimum absolute atomic E-state index is 0. The molecule has 1 rings (SSSR count). The molecule has 0 aromatic rings. The molecule has 2 heteroatoms. The van der Waals surface area contributed by atoms with E-state index >= 15 is 0 Å². The van der Waals surface area contributed by atoms with E-state index < -0.39 is 0 Å². The topological polar surface area (TPSA) is 12.0 Å². The van der Waals surface area contributed by atoms with Crippen LogP contribution in [0.15, 0.2) is 24.4 Å². The molecule has 52 valence electrons. The number of rotatable bonds is 0. The second kappa shape index (κ2) is 3.57. The summed E-state index contributed by atoms with van der Waals surface area (Å²) in [5.74, 6) is 0. The van der Waals surface area contributed by atoms with Crippen LogP contribution in [0.25, 0.3) is 0 Å². The fraction of sp³-hybridized carbons (Fsp3) is 0.429. The van der Waals surface area contributed by atoms with Gasteiger partial charge in [0.2, 0.25) is 0 Å². The van der Waals surface area contributed by atoms with Gasteiger partial charge in [-0.1, -0.05) is 13.2 Å². The van der Waals surface area contributed by atoms with E-state index in [1.807, 2.05) is 0 Å². The molecule has 0 saturated carbocycles. The third-order valence-corrected chi connectivity index (χ3v) is 1.42. The molecule has 0 atom stereocenters. The fourth-order valence-electron chi connectivity index (χ4n) is 0.817. The quantitative estimate of drug-likeness (QED) is 0.549. The maximum absolute atomic E-state index is 3.83. The maximum atomic E-state index is 3.83. The van der Waals surface area contributed by atoms with Gasteiger partial charge >= 0.3 is 0 Å². The van der Waals surface area contributed by atoms with Gasteiger partial charge in [-0.25, -0.2) is 0 Å². The number of nitrogens with one attached hydrogen (secondary N) is 1. The minimum atomic E-state index is 0. The van der Waals surface area contributed by atoms with E-state index in [1.54, 1.807) is 0 Å². The van der Waals surface area contributed by atoms with Crippen molar-refractivity contribution >= 4 is 12.4 Å².